The van der Waals surface area contributed by atoms with Crippen LogP contribution in [0.15, 0.2) is 24.3 Å². The Balaban J connectivity index is 2.95. The minimum absolute atomic E-state index is 0.179. The molecule has 0 amide bonds. The van der Waals surface area contributed by atoms with Crippen molar-refractivity contribution < 1.29 is 10.2 Å². The highest BCUT2D eigenvalue weighted by atomic mass is 32.1. The fraction of sp³-hybridized carbons (Fsp3) is 0. The average molecular weight is 166 g/mol. The maximum Gasteiger partial charge on any atom is 0.182 e. The molecule has 0 saturated carbocycles. The Hall–Kier alpha value is -1.22. The molecule has 0 spiro atoms. The van der Waals surface area contributed by atoms with Gasteiger partial charge >= 0.3 is 0 Å². The lowest BCUT2D eigenvalue weighted by Gasteiger charge is -1.87. The van der Waals surface area contributed by atoms with Crippen LogP contribution in [0.3, 0.4) is 0 Å². The summed E-state index contributed by atoms with van der Waals surface area (Å²) in [6.45, 7) is 0. The standard InChI is InChI=1S/C8H6O2S/c9-7-5-3-1-2-4-6(5)8(10)11-7/h1-4,9-10H. The van der Waals surface area contributed by atoms with Crippen LogP contribution in [0, 0.1) is 0 Å². The SMILES string of the molecule is Oc1sc(O)c2ccccc12. The smallest absolute Gasteiger partial charge is 0.182 e. The minimum atomic E-state index is 0.179. The van der Waals surface area contributed by atoms with Gasteiger partial charge in [0.1, 0.15) is 0 Å². The highest BCUT2D eigenvalue weighted by Crippen LogP contribution is 2.40. The third kappa shape index (κ3) is 0.851. The largest absolute Gasteiger partial charge is 0.499 e. The lowest BCUT2D eigenvalue weighted by molar-refractivity contribution is 0.491. The predicted molar refractivity (Wildman–Crippen MR) is 45.2 cm³/mol. The third-order valence-electron chi connectivity index (χ3n) is 1.58. The number of hydrogen-bond donors (Lipinski definition) is 2. The molecule has 0 atom stereocenters. The van der Waals surface area contributed by atoms with Crippen molar-refractivity contribution in [1.29, 1.82) is 0 Å². The summed E-state index contributed by atoms with van der Waals surface area (Å²) >= 11 is 0.994. The van der Waals surface area contributed by atoms with Crippen LogP contribution < -0.4 is 0 Å². The Morgan fingerprint density at radius 3 is 1.82 bits per heavy atom. The lowest BCUT2D eigenvalue weighted by Crippen LogP contribution is -1.61. The maximum atomic E-state index is 9.25. The van der Waals surface area contributed by atoms with Gasteiger partial charge in [-0.2, -0.15) is 0 Å². The van der Waals surface area contributed by atoms with Crippen LogP contribution in [-0.2, 0) is 0 Å². The van der Waals surface area contributed by atoms with Crippen molar-refractivity contribution in [3.05, 3.63) is 24.3 Å². The molecule has 0 bridgehead atoms. The molecule has 3 heteroatoms. The minimum Gasteiger partial charge on any atom is -0.499 e. The zero-order valence-corrected chi connectivity index (χ0v) is 6.43. The molecule has 0 radical (unpaired) electrons. The molecule has 0 unspecified atom stereocenters. The molecule has 0 fully saturated rings. The first-order chi connectivity index (χ1) is 5.29. The molecule has 2 aromatic rings. The second-order valence-electron chi connectivity index (χ2n) is 2.26. The molecule has 56 valence electrons. The van der Waals surface area contributed by atoms with E-state index in [2.05, 4.69) is 0 Å². The van der Waals surface area contributed by atoms with E-state index in [0.29, 0.717) is 0 Å². The van der Waals surface area contributed by atoms with E-state index in [1.807, 2.05) is 12.1 Å². The molecule has 1 heterocycles. The van der Waals surface area contributed by atoms with E-state index in [9.17, 15) is 10.2 Å². The van der Waals surface area contributed by atoms with Crippen LogP contribution in [-0.4, -0.2) is 10.2 Å². The van der Waals surface area contributed by atoms with Crippen LogP contribution in [0.4, 0.5) is 0 Å². The summed E-state index contributed by atoms with van der Waals surface area (Å²) in [6, 6.07) is 7.21. The number of fused-ring (bicyclic) bond motifs is 1. The van der Waals surface area contributed by atoms with Gasteiger partial charge in [0.05, 0.1) is 0 Å². The van der Waals surface area contributed by atoms with E-state index < -0.39 is 0 Å². The van der Waals surface area contributed by atoms with E-state index in [0.717, 1.165) is 22.1 Å². The Labute approximate surface area is 67.3 Å². The average Bonchev–Trinajstić information content (AvgIpc) is 2.30. The summed E-state index contributed by atoms with van der Waals surface area (Å²) in [5.41, 5.74) is 0. The number of rotatable bonds is 0. The molecule has 2 nitrogen and oxygen atoms in total. The van der Waals surface area contributed by atoms with Gasteiger partial charge in [0.2, 0.25) is 0 Å². The first-order valence-electron chi connectivity index (χ1n) is 3.18. The molecule has 0 aliphatic rings. The molecule has 2 N–H and O–H groups in total. The van der Waals surface area contributed by atoms with Gasteiger partial charge in [0.15, 0.2) is 10.1 Å². The van der Waals surface area contributed by atoms with Gasteiger partial charge < -0.3 is 10.2 Å². The molecule has 1 aromatic heterocycles. The van der Waals surface area contributed by atoms with Crippen molar-refractivity contribution in [2.75, 3.05) is 0 Å². The monoisotopic (exact) mass is 166 g/mol. The highest BCUT2D eigenvalue weighted by Gasteiger charge is 2.06. The first kappa shape index (κ1) is 6.49. The summed E-state index contributed by atoms with van der Waals surface area (Å²) in [5, 5.41) is 20.3. The topological polar surface area (TPSA) is 40.5 Å². The predicted octanol–water partition coefficient (Wildman–Crippen LogP) is 2.31. The van der Waals surface area contributed by atoms with E-state index >= 15 is 0 Å². The summed E-state index contributed by atoms with van der Waals surface area (Å²) in [4.78, 5) is 0. The fourth-order valence-electron chi connectivity index (χ4n) is 1.06. The Kier molecular flexibility index (Phi) is 1.26. The maximum absolute atomic E-state index is 9.25. The number of aromatic hydroxyl groups is 2. The number of benzene rings is 1. The van der Waals surface area contributed by atoms with Crippen molar-refractivity contribution in [2.24, 2.45) is 0 Å². The first-order valence-corrected chi connectivity index (χ1v) is 4.00. The number of thiophene rings is 1. The quantitative estimate of drug-likeness (QED) is 0.630. The summed E-state index contributed by atoms with van der Waals surface area (Å²) in [5.74, 6) is 0. The van der Waals surface area contributed by atoms with Crippen molar-refractivity contribution in [2.45, 2.75) is 0 Å². The number of hydrogen-bond acceptors (Lipinski definition) is 3. The highest BCUT2D eigenvalue weighted by molar-refractivity contribution is 7.17. The van der Waals surface area contributed by atoms with E-state index in [1.165, 1.54) is 0 Å². The normalized spacial score (nSPS) is 10.5. The zero-order chi connectivity index (χ0) is 7.84. The van der Waals surface area contributed by atoms with E-state index in [4.69, 9.17) is 0 Å². The van der Waals surface area contributed by atoms with Crippen molar-refractivity contribution >= 4 is 22.1 Å². The van der Waals surface area contributed by atoms with Gasteiger partial charge in [0.25, 0.3) is 0 Å². The van der Waals surface area contributed by atoms with E-state index in [-0.39, 0.29) is 10.1 Å². The van der Waals surface area contributed by atoms with Gasteiger partial charge in [-0.05, 0) is 12.1 Å². The van der Waals surface area contributed by atoms with Crippen LogP contribution in [0.5, 0.6) is 10.1 Å². The van der Waals surface area contributed by atoms with Crippen molar-refractivity contribution in [3.63, 3.8) is 0 Å². The Morgan fingerprint density at radius 1 is 0.909 bits per heavy atom. The summed E-state index contributed by atoms with van der Waals surface area (Å²) in [6.07, 6.45) is 0. The van der Waals surface area contributed by atoms with Crippen LogP contribution in [0.2, 0.25) is 0 Å². The summed E-state index contributed by atoms with van der Waals surface area (Å²) in [7, 11) is 0. The van der Waals surface area contributed by atoms with Crippen LogP contribution in [0.25, 0.3) is 10.8 Å². The van der Waals surface area contributed by atoms with Crippen LogP contribution >= 0.6 is 11.3 Å². The van der Waals surface area contributed by atoms with E-state index in [1.54, 1.807) is 12.1 Å². The molecule has 0 saturated heterocycles. The van der Waals surface area contributed by atoms with Crippen molar-refractivity contribution in [3.8, 4) is 10.1 Å². The zero-order valence-electron chi connectivity index (χ0n) is 5.61. The Morgan fingerprint density at radius 2 is 1.36 bits per heavy atom. The second kappa shape index (κ2) is 2.13. The molecule has 1 aromatic carbocycles. The van der Waals surface area contributed by atoms with Crippen LogP contribution in [0.1, 0.15) is 0 Å². The molecular weight excluding hydrogens is 160 g/mol. The summed E-state index contributed by atoms with van der Waals surface area (Å²) < 4.78 is 0. The molecule has 11 heavy (non-hydrogen) atoms. The molecular formula is C8H6O2S. The van der Waals surface area contributed by atoms with Crippen molar-refractivity contribution in [1.82, 2.24) is 0 Å². The molecule has 0 aliphatic carbocycles. The van der Waals surface area contributed by atoms with Gasteiger partial charge in [-0.3, -0.25) is 0 Å². The van der Waals surface area contributed by atoms with Gasteiger partial charge in [-0.15, -0.1) is 0 Å². The lowest BCUT2D eigenvalue weighted by atomic mass is 10.2. The van der Waals surface area contributed by atoms with Gasteiger partial charge in [-0.1, -0.05) is 23.5 Å². The fourth-order valence-corrected chi connectivity index (χ4v) is 1.82. The second-order valence-corrected chi connectivity index (χ2v) is 3.24. The van der Waals surface area contributed by atoms with Gasteiger partial charge in [-0.25, -0.2) is 0 Å². The molecule has 0 aliphatic heterocycles. The third-order valence-corrected chi connectivity index (χ3v) is 2.41. The molecule has 2 rings (SSSR count). The van der Waals surface area contributed by atoms with Gasteiger partial charge in [0, 0.05) is 10.8 Å². The Bertz CT molecular complexity index is 356.